The Morgan fingerprint density at radius 1 is 1.61 bits per heavy atom. The monoisotopic (exact) mass is 266 g/mol. The molecular weight excluding hydrogens is 256 g/mol. The van der Waals surface area contributed by atoms with Gasteiger partial charge >= 0.3 is 0 Å². The maximum absolute atomic E-state index is 12.0. The number of aryl methyl sites for hydroxylation is 1. The molecule has 2 aromatic heterocycles. The van der Waals surface area contributed by atoms with E-state index in [2.05, 4.69) is 19.9 Å². The molecule has 0 aliphatic rings. The van der Waals surface area contributed by atoms with Gasteiger partial charge in [0.15, 0.2) is 10.8 Å². The Hall–Kier alpha value is -2.34. The van der Waals surface area contributed by atoms with E-state index in [4.69, 9.17) is 5.26 Å². The van der Waals surface area contributed by atoms with Crippen LogP contribution in [-0.4, -0.2) is 28.2 Å². The van der Waals surface area contributed by atoms with Crippen LogP contribution in [0.25, 0.3) is 0 Å². The first-order valence-corrected chi connectivity index (χ1v) is 6.53. The molecule has 0 aliphatic heterocycles. The Morgan fingerprint density at radius 3 is 3.00 bits per heavy atom. The highest BCUT2D eigenvalue weighted by atomic mass is 32.2. The molecule has 0 bridgehead atoms. The molecule has 0 fully saturated rings. The highest BCUT2D eigenvalue weighted by Gasteiger charge is 2.19. The lowest BCUT2D eigenvalue weighted by molar-refractivity contribution is 0.597. The molecule has 2 aromatic rings. The molecule has 0 amide bonds. The van der Waals surface area contributed by atoms with Crippen molar-refractivity contribution < 1.29 is 8.42 Å². The smallest absolute Gasteiger partial charge is 0.282 e. The van der Waals surface area contributed by atoms with Gasteiger partial charge < -0.3 is 4.57 Å². The summed E-state index contributed by atoms with van der Waals surface area (Å²) < 4.78 is 27.8. The largest absolute Gasteiger partial charge is 0.336 e. The third-order valence-corrected chi connectivity index (χ3v) is 3.48. The van der Waals surface area contributed by atoms with E-state index >= 15 is 0 Å². The number of nitrogens with one attached hydrogen (secondary N) is 2. The second-order valence-corrected chi connectivity index (χ2v) is 5.05. The van der Waals surface area contributed by atoms with Gasteiger partial charge in [0.05, 0.1) is 12.5 Å². The van der Waals surface area contributed by atoms with Gasteiger partial charge in [0.1, 0.15) is 11.6 Å². The first-order chi connectivity index (χ1) is 8.56. The number of nitriles is 1. The van der Waals surface area contributed by atoms with Crippen molar-refractivity contribution in [3.63, 3.8) is 0 Å². The zero-order valence-electron chi connectivity index (χ0n) is 9.45. The summed E-state index contributed by atoms with van der Waals surface area (Å²) in [6.45, 7) is 2.49. The van der Waals surface area contributed by atoms with Crippen LogP contribution in [-0.2, 0) is 16.6 Å². The molecule has 0 spiro atoms. The normalized spacial score (nSPS) is 11.1. The summed E-state index contributed by atoms with van der Waals surface area (Å²) in [5, 5.41) is 14.6. The first kappa shape index (κ1) is 12.1. The maximum atomic E-state index is 12.0. The summed E-state index contributed by atoms with van der Waals surface area (Å²) in [5.41, 5.74) is 0.119. The number of imidazole rings is 1. The van der Waals surface area contributed by atoms with Gasteiger partial charge in [0.25, 0.3) is 10.0 Å². The highest BCUT2D eigenvalue weighted by molar-refractivity contribution is 7.92. The Bertz CT molecular complexity index is 693. The van der Waals surface area contributed by atoms with Gasteiger partial charge in [-0.2, -0.15) is 18.8 Å². The molecule has 0 saturated heterocycles. The predicted molar refractivity (Wildman–Crippen MR) is 62.0 cm³/mol. The van der Waals surface area contributed by atoms with Gasteiger partial charge in [-0.15, -0.1) is 0 Å². The van der Waals surface area contributed by atoms with Crippen molar-refractivity contribution >= 4 is 15.8 Å². The van der Waals surface area contributed by atoms with Crippen LogP contribution in [0, 0.1) is 11.3 Å². The molecule has 2 rings (SSSR count). The minimum absolute atomic E-state index is 0.0311. The highest BCUT2D eigenvalue weighted by Crippen LogP contribution is 2.15. The van der Waals surface area contributed by atoms with Crippen LogP contribution in [0.3, 0.4) is 0 Å². The summed E-state index contributed by atoms with van der Waals surface area (Å²) in [7, 11) is -3.81. The standard InChI is InChI=1S/C9H10N6O2S/c1-2-15-5-8(11-6-15)18(16,17)14-9-7(3-10)4-12-13-9/h4-6H,2H2,1H3,(H2,12,13,14). The van der Waals surface area contributed by atoms with Crippen molar-refractivity contribution in [3.8, 4) is 6.07 Å². The fraction of sp³-hybridized carbons (Fsp3) is 0.222. The summed E-state index contributed by atoms with van der Waals surface area (Å²) in [4.78, 5) is 3.79. The van der Waals surface area contributed by atoms with E-state index in [1.807, 2.05) is 13.0 Å². The molecule has 0 saturated carbocycles. The number of H-pyrrole nitrogens is 1. The zero-order valence-corrected chi connectivity index (χ0v) is 10.3. The molecule has 18 heavy (non-hydrogen) atoms. The topological polar surface area (TPSA) is 116 Å². The quantitative estimate of drug-likeness (QED) is 0.825. The molecule has 0 radical (unpaired) electrons. The number of anilines is 1. The first-order valence-electron chi connectivity index (χ1n) is 5.05. The second-order valence-electron chi connectivity index (χ2n) is 3.42. The lowest BCUT2D eigenvalue weighted by Gasteiger charge is -2.02. The summed E-state index contributed by atoms with van der Waals surface area (Å²) in [5.74, 6) is 0.0311. The number of rotatable bonds is 4. The minimum Gasteiger partial charge on any atom is -0.336 e. The van der Waals surface area contributed by atoms with Crippen molar-refractivity contribution in [2.45, 2.75) is 18.5 Å². The van der Waals surface area contributed by atoms with Crippen molar-refractivity contribution in [1.82, 2.24) is 19.7 Å². The van der Waals surface area contributed by atoms with E-state index in [9.17, 15) is 8.42 Å². The molecule has 9 heteroatoms. The number of hydrogen-bond donors (Lipinski definition) is 2. The Kier molecular flexibility index (Phi) is 3.03. The third-order valence-electron chi connectivity index (χ3n) is 2.25. The molecule has 0 aromatic carbocycles. The van der Waals surface area contributed by atoms with Crippen LogP contribution < -0.4 is 4.72 Å². The van der Waals surface area contributed by atoms with E-state index in [1.54, 1.807) is 4.57 Å². The average Bonchev–Trinajstić information content (AvgIpc) is 2.96. The fourth-order valence-corrected chi connectivity index (χ4v) is 2.28. The van der Waals surface area contributed by atoms with E-state index in [-0.39, 0.29) is 16.4 Å². The van der Waals surface area contributed by atoms with Gasteiger partial charge in [-0.1, -0.05) is 0 Å². The molecular formula is C9H10N6O2S. The van der Waals surface area contributed by atoms with Crippen LogP contribution in [0.2, 0.25) is 0 Å². The van der Waals surface area contributed by atoms with E-state index in [1.165, 1.54) is 18.7 Å². The molecule has 2 heterocycles. The van der Waals surface area contributed by atoms with Gasteiger partial charge in [-0.05, 0) is 6.92 Å². The van der Waals surface area contributed by atoms with Crippen LogP contribution in [0.4, 0.5) is 5.82 Å². The molecule has 0 unspecified atom stereocenters. The fourth-order valence-electron chi connectivity index (χ4n) is 1.29. The summed E-state index contributed by atoms with van der Waals surface area (Å²) in [6, 6.07) is 1.82. The number of hydrogen-bond acceptors (Lipinski definition) is 5. The second kappa shape index (κ2) is 4.50. The number of aromatic nitrogens is 4. The van der Waals surface area contributed by atoms with Gasteiger partial charge in [0, 0.05) is 12.7 Å². The van der Waals surface area contributed by atoms with Crippen LogP contribution in [0.1, 0.15) is 12.5 Å². The van der Waals surface area contributed by atoms with Crippen molar-refractivity contribution in [2.24, 2.45) is 0 Å². The number of sulfonamides is 1. The molecule has 0 aliphatic carbocycles. The summed E-state index contributed by atoms with van der Waals surface area (Å²) in [6.07, 6.45) is 4.07. The number of nitrogens with zero attached hydrogens (tertiary/aromatic N) is 4. The van der Waals surface area contributed by atoms with Crippen LogP contribution in [0.5, 0.6) is 0 Å². The lowest BCUT2D eigenvalue weighted by Crippen LogP contribution is -2.14. The van der Waals surface area contributed by atoms with Gasteiger partial charge in [-0.25, -0.2) is 4.98 Å². The van der Waals surface area contributed by atoms with Crippen LogP contribution >= 0.6 is 0 Å². The van der Waals surface area contributed by atoms with Crippen molar-refractivity contribution in [2.75, 3.05) is 4.72 Å². The average molecular weight is 266 g/mol. The van der Waals surface area contributed by atoms with E-state index < -0.39 is 10.0 Å². The Balaban J connectivity index is 2.30. The number of aromatic amines is 1. The Labute approximate surface area is 103 Å². The Morgan fingerprint density at radius 2 is 2.39 bits per heavy atom. The van der Waals surface area contributed by atoms with Crippen molar-refractivity contribution in [3.05, 3.63) is 24.3 Å². The third kappa shape index (κ3) is 2.18. The lowest BCUT2D eigenvalue weighted by atomic mass is 10.4. The minimum atomic E-state index is -3.81. The molecule has 0 atom stereocenters. The van der Waals surface area contributed by atoms with E-state index in [0.717, 1.165) is 0 Å². The summed E-state index contributed by atoms with van der Waals surface area (Å²) >= 11 is 0. The van der Waals surface area contributed by atoms with Gasteiger partial charge in [0.2, 0.25) is 0 Å². The zero-order chi connectivity index (χ0) is 13.2. The van der Waals surface area contributed by atoms with Crippen molar-refractivity contribution in [1.29, 1.82) is 5.26 Å². The van der Waals surface area contributed by atoms with E-state index in [0.29, 0.717) is 6.54 Å². The van der Waals surface area contributed by atoms with Gasteiger partial charge in [-0.3, -0.25) is 9.82 Å². The maximum Gasteiger partial charge on any atom is 0.282 e. The molecule has 2 N–H and O–H groups in total. The molecule has 8 nitrogen and oxygen atoms in total. The SMILES string of the molecule is CCn1cnc(S(=O)(=O)Nc2[nH]ncc2C#N)c1. The van der Waals surface area contributed by atoms with Crippen LogP contribution in [0.15, 0.2) is 23.7 Å². The molecule has 94 valence electrons. The predicted octanol–water partition coefficient (Wildman–Crippen LogP) is 0.299.